The number of nitrogens with zero attached hydrogens (tertiary/aromatic N) is 2. The number of hydrogen-bond donors (Lipinski definition) is 1. The Morgan fingerprint density at radius 1 is 1.22 bits per heavy atom. The number of aryl methyl sites for hydroxylation is 1. The fourth-order valence-corrected chi connectivity index (χ4v) is 2.80. The number of benzene rings is 1. The molecule has 0 unspecified atom stereocenters. The van der Waals surface area contributed by atoms with Crippen LogP contribution in [0.3, 0.4) is 0 Å². The van der Waals surface area contributed by atoms with Gasteiger partial charge in [0.05, 0.1) is 0 Å². The highest BCUT2D eigenvalue weighted by atomic mass is 16.5. The van der Waals surface area contributed by atoms with E-state index < -0.39 is 5.97 Å². The van der Waals surface area contributed by atoms with Crippen molar-refractivity contribution < 1.29 is 14.6 Å². The van der Waals surface area contributed by atoms with Gasteiger partial charge in [-0.15, -0.1) is 0 Å². The number of aromatic carboxylic acids is 1. The Labute approximate surface area is 135 Å². The number of aromatic nitrogens is 1. The van der Waals surface area contributed by atoms with Crippen molar-refractivity contribution in [2.24, 2.45) is 0 Å². The summed E-state index contributed by atoms with van der Waals surface area (Å²) >= 11 is 0. The van der Waals surface area contributed by atoms with Crippen molar-refractivity contribution in [3.8, 4) is 5.75 Å². The van der Waals surface area contributed by atoms with Gasteiger partial charge < -0.3 is 14.7 Å². The van der Waals surface area contributed by atoms with E-state index in [2.05, 4.69) is 22.9 Å². The summed E-state index contributed by atoms with van der Waals surface area (Å²) in [7, 11) is 0. The van der Waals surface area contributed by atoms with Crippen molar-refractivity contribution >= 4 is 11.8 Å². The lowest BCUT2D eigenvalue weighted by atomic mass is 10.1. The molecule has 23 heavy (non-hydrogen) atoms. The smallest absolute Gasteiger partial charge is 0.354 e. The minimum absolute atomic E-state index is 0.0839. The van der Waals surface area contributed by atoms with Crippen LogP contribution in [0.1, 0.15) is 28.9 Å². The van der Waals surface area contributed by atoms with Crippen LogP contribution in [0.25, 0.3) is 0 Å². The number of piperidine rings is 1. The first-order valence-electron chi connectivity index (χ1n) is 7.80. The number of carbonyl (C=O) groups is 1. The molecule has 0 radical (unpaired) electrons. The second-order valence-electron chi connectivity index (χ2n) is 5.81. The molecule has 1 aliphatic rings. The topological polar surface area (TPSA) is 62.7 Å². The van der Waals surface area contributed by atoms with Gasteiger partial charge in [0.15, 0.2) is 5.69 Å². The molecule has 5 nitrogen and oxygen atoms in total. The van der Waals surface area contributed by atoms with Gasteiger partial charge in [-0.2, -0.15) is 0 Å². The number of hydrogen-bond acceptors (Lipinski definition) is 4. The van der Waals surface area contributed by atoms with Crippen LogP contribution in [0.2, 0.25) is 0 Å². The lowest BCUT2D eigenvalue weighted by Crippen LogP contribution is -2.38. The summed E-state index contributed by atoms with van der Waals surface area (Å²) in [5.41, 5.74) is 1.27. The van der Waals surface area contributed by atoms with Gasteiger partial charge in [0, 0.05) is 25.9 Å². The molecule has 1 aliphatic heterocycles. The van der Waals surface area contributed by atoms with E-state index in [1.165, 1.54) is 11.6 Å². The number of ether oxygens (including phenoxy) is 1. The number of rotatable bonds is 4. The number of carboxylic acids is 1. The van der Waals surface area contributed by atoms with Gasteiger partial charge in [0.1, 0.15) is 17.7 Å². The highest BCUT2D eigenvalue weighted by Crippen LogP contribution is 2.22. The van der Waals surface area contributed by atoms with Crippen LogP contribution in [0.15, 0.2) is 42.5 Å². The van der Waals surface area contributed by atoms with E-state index >= 15 is 0 Å². The van der Waals surface area contributed by atoms with Gasteiger partial charge >= 0.3 is 5.97 Å². The number of pyridine rings is 1. The summed E-state index contributed by atoms with van der Waals surface area (Å²) in [6.07, 6.45) is 1.98. The van der Waals surface area contributed by atoms with Crippen molar-refractivity contribution in [1.29, 1.82) is 0 Å². The molecule has 0 amide bonds. The summed E-state index contributed by atoms with van der Waals surface area (Å²) in [4.78, 5) is 17.3. The van der Waals surface area contributed by atoms with Gasteiger partial charge in [0.2, 0.25) is 0 Å². The van der Waals surface area contributed by atoms with Crippen molar-refractivity contribution in [3.63, 3.8) is 0 Å². The first-order chi connectivity index (χ1) is 11.1. The largest absolute Gasteiger partial charge is 0.490 e. The van der Waals surface area contributed by atoms with Crippen LogP contribution >= 0.6 is 0 Å². The predicted octanol–water partition coefficient (Wildman–Crippen LogP) is 3.14. The number of anilines is 1. The maximum atomic E-state index is 11.0. The molecular formula is C18H20N2O3. The minimum atomic E-state index is -0.996. The first kappa shape index (κ1) is 15.3. The second kappa shape index (κ2) is 6.69. The normalized spacial score (nSPS) is 15.4. The first-order valence-corrected chi connectivity index (χ1v) is 7.80. The van der Waals surface area contributed by atoms with Crippen LogP contribution in [0.4, 0.5) is 5.82 Å². The van der Waals surface area contributed by atoms with Crippen molar-refractivity contribution in [1.82, 2.24) is 4.98 Å². The van der Waals surface area contributed by atoms with Crippen LogP contribution in [0, 0.1) is 6.92 Å². The molecule has 3 rings (SSSR count). The molecule has 0 aliphatic carbocycles. The van der Waals surface area contributed by atoms with Crippen LogP contribution in [-0.2, 0) is 0 Å². The van der Waals surface area contributed by atoms with Gasteiger partial charge in [0.25, 0.3) is 0 Å². The summed E-state index contributed by atoms with van der Waals surface area (Å²) < 4.78 is 6.04. The molecule has 2 aromatic rings. The maximum Gasteiger partial charge on any atom is 0.354 e. The van der Waals surface area contributed by atoms with Crippen molar-refractivity contribution in [2.75, 3.05) is 18.0 Å². The zero-order chi connectivity index (χ0) is 16.2. The SMILES string of the molecule is Cc1cccc(OC2CCN(c3cccc(C(=O)O)n3)CC2)c1. The van der Waals surface area contributed by atoms with Crippen LogP contribution in [-0.4, -0.2) is 35.3 Å². The molecule has 1 saturated heterocycles. The molecule has 0 saturated carbocycles. The third-order valence-corrected chi connectivity index (χ3v) is 4.01. The van der Waals surface area contributed by atoms with Crippen LogP contribution in [0.5, 0.6) is 5.75 Å². The quantitative estimate of drug-likeness (QED) is 0.939. The van der Waals surface area contributed by atoms with Gasteiger partial charge in [-0.25, -0.2) is 9.78 Å². The molecule has 0 bridgehead atoms. The molecule has 1 aromatic heterocycles. The fraction of sp³-hybridized carbons (Fsp3) is 0.333. The van der Waals surface area contributed by atoms with E-state index in [0.717, 1.165) is 37.5 Å². The summed E-state index contributed by atoms with van der Waals surface area (Å²) in [6, 6.07) is 13.2. The minimum Gasteiger partial charge on any atom is -0.490 e. The lowest BCUT2D eigenvalue weighted by molar-refractivity contribution is 0.0690. The van der Waals surface area contributed by atoms with Gasteiger partial charge in [-0.1, -0.05) is 18.2 Å². The summed E-state index contributed by atoms with van der Waals surface area (Å²) in [6.45, 7) is 3.68. The molecule has 0 atom stereocenters. The van der Waals surface area contributed by atoms with Gasteiger partial charge in [-0.05, 0) is 36.8 Å². The van der Waals surface area contributed by atoms with Crippen LogP contribution < -0.4 is 9.64 Å². The molecule has 1 N–H and O–H groups in total. The standard InChI is InChI=1S/C18H20N2O3/c1-13-4-2-5-15(12-13)23-14-8-10-20(11-9-14)17-7-3-6-16(19-17)18(21)22/h2-7,12,14H,8-11H2,1H3,(H,21,22). The predicted molar refractivity (Wildman–Crippen MR) is 88.2 cm³/mol. The Balaban J connectivity index is 1.60. The summed E-state index contributed by atoms with van der Waals surface area (Å²) in [5.74, 6) is 0.637. The van der Waals surface area contributed by atoms with E-state index in [4.69, 9.17) is 9.84 Å². The van der Waals surface area contributed by atoms with E-state index in [1.54, 1.807) is 6.07 Å². The van der Waals surface area contributed by atoms with Crippen molar-refractivity contribution in [3.05, 3.63) is 53.7 Å². The third kappa shape index (κ3) is 3.80. The average Bonchev–Trinajstić information content (AvgIpc) is 2.56. The highest BCUT2D eigenvalue weighted by Gasteiger charge is 2.22. The van der Waals surface area contributed by atoms with E-state index in [9.17, 15) is 4.79 Å². The fourth-order valence-electron chi connectivity index (χ4n) is 2.80. The van der Waals surface area contributed by atoms with E-state index in [0.29, 0.717) is 0 Å². The molecule has 1 aromatic carbocycles. The Morgan fingerprint density at radius 3 is 2.65 bits per heavy atom. The zero-order valence-corrected chi connectivity index (χ0v) is 13.1. The number of carboxylic acid groups (broad SMARTS) is 1. The molecule has 120 valence electrons. The Kier molecular flexibility index (Phi) is 4.46. The molecule has 2 heterocycles. The Morgan fingerprint density at radius 2 is 1.96 bits per heavy atom. The van der Waals surface area contributed by atoms with Gasteiger partial charge in [-0.3, -0.25) is 0 Å². The zero-order valence-electron chi connectivity index (χ0n) is 13.1. The Bertz CT molecular complexity index is 694. The van der Waals surface area contributed by atoms with E-state index in [-0.39, 0.29) is 11.8 Å². The third-order valence-electron chi connectivity index (χ3n) is 4.01. The average molecular weight is 312 g/mol. The molecule has 0 spiro atoms. The molecule has 5 heteroatoms. The lowest BCUT2D eigenvalue weighted by Gasteiger charge is -2.33. The molecular weight excluding hydrogens is 292 g/mol. The Hall–Kier alpha value is -2.56. The maximum absolute atomic E-state index is 11.0. The molecule has 1 fully saturated rings. The van der Waals surface area contributed by atoms with Crippen molar-refractivity contribution in [2.45, 2.75) is 25.9 Å². The monoisotopic (exact) mass is 312 g/mol. The highest BCUT2D eigenvalue weighted by molar-refractivity contribution is 5.85. The van der Waals surface area contributed by atoms with E-state index in [1.807, 2.05) is 24.3 Å². The second-order valence-corrected chi connectivity index (χ2v) is 5.81. The summed E-state index contributed by atoms with van der Waals surface area (Å²) in [5, 5.41) is 9.04.